The number of nitrogens with one attached hydrogen (secondary N) is 1. The Morgan fingerprint density at radius 3 is 2.81 bits per heavy atom. The fourth-order valence-electron chi connectivity index (χ4n) is 2.29. The van der Waals surface area contributed by atoms with Crippen LogP contribution in [0, 0.1) is 11.3 Å². The van der Waals surface area contributed by atoms with Crippen molar-refractivity contribution in [2.24, 2.45) is 11.3 Å². The summed E-state index contributed by atoms with van der Waals surface area (Å²) < 4.78 is 5.60. The maximum Gasteiger partial charge on any atom is 0.0535 e. The predicted molar refractivity (Wildman–Crippen MR) is 73.2 cm³/mol. The molecule has 0 bridgehead atoms. The van der Waals surface area contributed by atoms with Crippen molar-refractivity contribution in [2.75, 3.05) is 38.3 Å². The molecular weight excluding hydrogens is 218 g/mol. The predicted octanol–water partition coefficient (Wildman–Crippen LogP) is 2.78. The molecule has 0 radical (unpaired) electrons. The van der Waals surface area contributed by atoms with Crippen LogP contribution in [-0.2, 0) is 4.74 Å². The van der Waals surface area contributed by atoms with Crippen LogP contribution in [0.3, 0.4) is 0 Å². The summed E-state index contributed by atoms with van der Waals surface area (Å²) in [7, 11) is 0. The first-order chi connectivity index (χ1) is 7.68. The Hall–Kier alpha value is 0.270. The Bertz CT molecular complexity index is 179. The maximum atomic E-state index is 5.60. The standard InChI is InChI=1S/C13H27NOS/c1-12(2)9-14-10-13(5-4-8-16-3)6-7-15-11-13/h12,14H,4-11H2,1-3H3. The number of hydrogen-bond donors (Lipinski definition) is 1. The van der Waals surface area contributed by atoms with E-state index in [9.17, 15) is 0 Å². The van der Waals surface area contributed by atoms with E-state index < -0.39 is 0 Å². The van der Waals surface area contributed by atoms with Crippen molar-refractivity contribution >= 4 is 11.8 Å². The Kier molecular flexibility index (Phi) is 6.78. The molecule has 1 rings (SSSR count). The van der Waals surface area contributed by atoms with Gasteiger partial charge in [0.05, 0.1) is 6.61 Å². The third-order valence-corrected chi connectivity index (χ3v) is 3.99. The lowest BCUT2D eigenvalue weighted by Crippen LogP contribution is -2.36. The SMILES string of the molecule is CSCCCC1(CNCC(C)C)CCOC1. The highest BCUT2D eigenvalue weighted by molar-refractivity contribution is 7.98. The highest BCUT2D eigenvalue weighted by Crippen LogP contribution is 2.33. The number of rotatable bonds is 8. The van der Waals surface area contributed by atoms with Crippen LogP contribution in [0.4, 0.5) is 0 Å². The molecule has 0 aromatic carbocycles. The summed E-state index contributed by atoms with van der Waals surface area (Å²) in [4.78, 5) is 0. The molecule has 0 aliphatic carbocycles. The van der Waals surface area contributed by atoms with E-state index in [2.05, 4.69) is 25.4 Å². The molecule has 1 heterocycles. The minimum absolute atomic E-state index is 0.435. The van der Waals surface area contributed by atoms with Gasteiger partial charge < -0.3 is 10.1 Å². The fraction of sp³-hybridized carbons (Fsp3) is 1.00. The van der Waals surface area contributed by atoms with E-state index in [-0.39, 0.29) is 0 Å². The van der Waals surface area contributed by atoms with Crippen LogP contribution in [0.2, 0.25) is 0 Å². The first-order valence-electron chi connectivity index (χ1n) is 6.46. The normalized spacial score (nSPS) is 25.5. The molecular formula is C13H27NOS. The summed E-state index contributed by atoms with van der Waals surface area (Å²) in [6.07, 6.45) is 6.08. The summed E-state index contributed by atoms with van der Waals surface area (Å²) in [6, 6.07) is 0. The van der Waals surface area contributed by atoms with Crippen molar-refractivity contribution in [1.29, 1.82) is 0 Å². The first kappa shape index (κ1) is 14.3. The molecule has 2 nitrogen and oxygen atoms in total. The first-order valence-corrected chi connectivity index (χ1v) is 7.85. The monoisotopic (exact) mass is 245 g/mol. The lowest BCUT2D eigenvalue weighted by Gasteiger charge is -2.28. The molecule has 1 atom stereocenters. The van der Waals surface area contributed by atoms with E-state index in [4.69, 9.17) is 4.74 Å². The molecule has 0 amide bonds. The molecule has 0 aromatic rings. The molecule has 0 saturated carbocycles. The maximum absolute atomic E-state index is 5.60. The quantitative estimate of drug-likeness (QED) is 0.664. The number of ether oxygens (including phenoxy) is 1. The zero-order chi connectivity index (χ0) is 11.9. The van der Waals surface area contributed by atoms with Gasteiger partial charge in [0.15, 0.2) is 0 Å². The molecule has 1 saturated heterocycles. The minimum Gasteiger partial charge on any atom is -0.381 e. The highest BCUT2D eigenvalue weighted by Gasteiger charge is 2.33. The van der Waals surface area contributed by atoms with E-state index in [0.717, 1.165) is 32.2 Å². The van der Waals surface area contributed by atoms with Gasteiger partial charge in [0.1, 0.15) is 0 Å². The van der Waals surface area contributed by atoms with Gasteiger partial charge in [-0.1, -0.05) is 13.8 Å². The average molecular weight is 245 g/mol. The second-order valence-electron chi connectivity index (χ2n) is 5.42. The molecule has 96 valence electrons. The van der Waals surface area contributed by atoms with Crippen LogP contribution in [-0.4, -0.2) is 38.3 Å². The van der Waals surface area contributed by atoms with Crippen LogP contribution >= 0.6 is 11.8 Å². The molecule has 0 spiro atoms. The number of thioether (sulfide) groups is 1. The van der Waals surface area contributed by atoms with Gasteiger partial charge in [-0.3, -0.25) is 0 Å². The molecule has 16 heavy (non-hydrogen) atoms. The third kappa shape index (κ3) is 5.07. The van der Waals surface area contributed by atoms with Crippen LogP contribution in [0.1, 0.15) is 33.1 Å². The molecule has 1 aliphatic rings. The molecule has 1 aliphatic heterocycles. The van der Waals surface area contributed by atoms with E-state index in [1.54, 1.807) is 0 Å². The zero-order valence-corrected chi connectivity index (χ0v) is 11.9. The van der Waals surface area contributed by atoms with Crippen molar-refractivity contribution in [1.82, 2.24) is 5.32 Å². The molecule has 1 N–H and O–H groups in total. The average Bonchev–Trinajstić information content (AvgIpc) is 2.67. The highest BCUT2D eigenvalue weighted by atomic mass is 32.2. The summed E-state index contributed by atoms with van der Waals surface area (Å²) in [5, 5.41) is 3.61. The lowest BCUT2D eigenvalue weighted by atomic mass is 9.82. The molecule has 0 aromatic heterocycles. The van der Waals surface area contributed by atoms with E-state index >= 15 is 0 Å². The van der Waals surface area contributed by atoms with Crippen LogP contribution in [0.5, 0.6) is 0 Å². The summed E-state index contributed by atoms with van der Waals surface area (Å²) >= 11 is 1.95. The van der Waals surface area contributed by atoms with Crippen molar-refractivity contribution < 1.29 is 4.74 Å². The summed E-state index contributed by atoms with van der Waals surface area (Å²) in [5.74, 6) is 2.02. The molecule has 1 unspecified atom stereocenters. The molecule has 1 fully saturated rings. The van der Waals surface area contributed by atoms with Gasteiger partial charge in [0.25, 0.3) is 0 Å². The van der Waals surface area contributed by atoms with Gasteiger partial charge in [-0.05, 0) is 43.7 Å². The summed E-state index contributed by atoms with van der Waals surface area (Å²) in [6.45, 7) is 8.72. The van der Waals surface area contributed by atoms with Gasteiger partial charge in [0.2, 0.25) is 0 Å². The smallest absolute Gasteiger partial charge is 0.0535 e. The van der Waals surface area contributed by atoms with Crippen molar-refractivity contribution in [3.63, 3.8) is 0 Å². The Balaban J connectivity index is 2.27. The lowest BCUT2D eigenvalue weighted by molar-refractivity contribution is 0.143. The molecule has 3 heteroatoms. The summed E-state index contributed by atoms with van der Waals surface area (Å²) in [5.41, 5.74) is 0.435. The fourth-order valence-corrected chi connectivity index (χ4v) is 2.73. The van der Waals surface area contributed by atoms with E-state index in [1.807, 2.05) is 11.8 Å². The van der Waals surface area contributed by atoms with E-state index in [1.165, 1.54) is 25.0 Å². The Morgan fingerprint density at radius 2 is 2.25 bits per heavy atom. The van der Waals surface area contributed by atoms with Gasteiger partial charge in [-0.2, -0.15) is 11.8 Å². The zero-order valence-electron chi connectivity index (χ0n) is 11.1. The van der Waals surface area contributed by atoms with Crippen molar-refractivity contribution in [3.05, 3.63) is 0 Å². The van der Waals surface area contributed by atoms with E-state index in [0.29, 0.717) is 5.41 Å². The second-order valence-corrected chi connectivity index (χ2v) is 6.41. The topological polar surface area (TPSA) is 21.3 Å². The largest absolute Gasteiger partial charge is 0.381 e. The minimum atomic E-state index is 0.435. The number of hydrogen-bond acceptors (Lipinski definition) is 3. The van der Waals surface area contributed by atoms with Crippen molar-refractivity contribution in [2.45, 2.75) is 33.1 Å². The van der Waals surface area contributed by atoms with Gasteiger partial charge in [-0.25, -0.2) is 0 Å². The third-order valence-electron chi connectivity index (χ3n) is 3.29. The van der Waals surface area contributed by atoms with Gasteiger partial charge in [0, 0.05) is 18.6 Å². The van der Waals surface area contributed by atoms with Crippen LogP contribution in [0.15, 0.2) is 0 Å². The second kappa shape index (κ2) is 7.57. The van der Waals surface area contributed by atoms with Crippen LogP contribution < -0.4 is 5.32 Å². The van der Waals surface area contributed by atoms with Crippen LogP contribution in [0.25, 0.3) is 0 Å². The van der Waals surface area contributed by atoms with Crippen molar-refractivity contribution in [3.8, 4) is 0 Å². The van der Waals surface area contributed by atoms with Gasteiger partial charge >= 0.3 is 0 Å². The Morgan fingerprint density at radius 1 is 1.44 bits per heavy atom. The van der Waals surface area contributed by atoms with Gasteiger partial charge in [-0.15, -0.1) is 0 Å². The Labute approximate surface area is 105 Å².